The van der Waals surface area contributed by atoms with Crippen LogP contribution in [-0.2, 0) is 34.0 Å². The first-order valence-electron chi connectivity index (χ1n) is 36.8. The molecule has 14 heteroatoms. The minimum atomic E-state index is -4.12. The molecule has 88 heavy (non-hydrogen) atoms. The van der Waals surface area contributed by atoms with E-state index >= 15 is 0 Å². The highest BCUT2D eigenvalue weighted by atomic mass is 32.2. The molecule has 0 bridgehead atoms. The summed E-state index contributed by atoms with van der Waals surface area (Å²) in [6, 6.07) is 0. The van der Waals surface area contributed by atoms with Crippen LogP contribution in [-0.4, -0.2) is 100 Å². The van der Waals surface area contributed by atoms with E-state index in [1.54, 1.807) is 0 Å². The molecule has 12 saturated carbocycles. The lowest BCUT2D eigenvalue weighted by molar-refractivity contribution is -0.183. The van der Waals surface area contributed by atoms with Gasteiger partial charge in [-0.15, -0.1) is 0 Å². The molecule has 0 radical (unpaired) electrons. The topological polar surface area (TPSA) is 217 Å². The van der Waals surface area contributed by atoms with Crippen LogP contribution < -0.4 is 5.32 Å². The Balaban J connectivity index is 0.581. The summed E-state index contributed by atoms with van der Waals surface area (Å²) >= 11 is 0. The van der Waals surface area contributed by atoms with E-state index in [1.165, 1.54) is 32.1 Å². The molecule has 12 aliphatic carbocycles. The lowest BCUT2D eigenvalue weighted by Crippen LogP contribution is -2.59. The summed E-state index contributed by atoms with van der Waals surface area (Å²) in [7, 11) is -4.12. The third-order valence-electron chi connectivity index (χ3n) is 31.9. The van der Waals surface area contributed by atoms with Gasteiger partial charge < -0.3 is 35.2 Å². The Morgan fingerprint density at radius 3 is 1.15 bits per heavy atom. The SMILES string of the molecule is C[C@@H](CCC(=O)O[C@H]1CC[C@]2(C)C(C1)C[C@@H](O)[C@@H]1C3CC[C@@H]([C@@H](C)CCC(=O)O[C@H]4CC[C@]5(C)C(C4)C[C@@H](O)[C@@H]4C6CC[C@@H]([C@@H](C)CCC(=O)NCCS(=O)(=O)O)[C@]6(C)CC[C@H]45)[C@]3(C)CC[C@H]12)[C@@H]1CCC2[C@H]3[C@H](O)CC4C[C@@H](O)CC[C@@]4(C)[C@@H]3CC[C@]21C. The third-order valence-corrected chi connectivity index (χ3v) is 32.6. The number of fused-ring (bicyclic) bond motifs is 15. The molecule has 0 aromatic carbocycles. The second kappa shape index (κ2) is 24.7. The molecule has 12 fully saturated rings. The monoisotopic (exact) mass is 1250 g/mol. The first-order valence-corrected chi connectivity index (χ1v) is 38.4. The highest BCUT2D eigenvalue weighted by Crippen LogP contribution is 2.72. The largest absolute Gasteiger partial charge is 0.462 e. The van der Waals surface area contributed by atoms with Crippen molar-refractivity contribution < 1.29 is 57.3 Å². The molecule has 6 unspecified atom stereocenters. The van der Waals surface area contributed by atoms with Crippen LogP contribution in [0.5, 0.6) is 0 Å². The zero-order chi connectivity index (χ0) is 62.8. The van der Waals surface area contributed by atoms with Gasteiger partial charge >= 0.3 is 11.9 Å². The lowest BCUT2D eigenvalue weighted by atomic mass is 9.43. The van der Waals surface area contributed by atoms with Gasteiger partial charge in [0, 0.05) is 25.8 Å². The number of rotatable bonds is 17. The Hall–Kier alpha value is -1.84. The number of ether oxygens (including phenoxy) is 2. The smallest absolute Gasteiger partial charge is 0.306 e. The summed E-state index contributed by atoms with van der Waals surface area (Å²) in [4.78, 5) is 40.3. The molecule has 12 aliphatic rings. The molecule has 0 aromatic heterocycles. The number of nitrogens with one attached hydrogen (secondary N) is 1. The fraction of sp³-hybridized carbons (Fsp3) is 0.959. The van der Waals surface area contributed by atoms with Crippen LogP contribution in [0.3, 0.4) is 0 Å². The normalized spacial score (nSPS) is 50.4. The van der Waals surface area contributed by atoms with Crippen LogP contribution in [0, 0.1) is 139 Å². The summed E-state index contributed by atoms with van der Waals surface area (Å²) in [5.41, 5.74) is 0.869. The minimum absolute atomic E-state index is 0.0486. The average molecular weight is 1250 g/mol. The van der Waals surface area contributed by atoms with E-state index in [0.29, 0.717) is 114 Å². The van der Waals surface area contributed by atoms with Gasteiger partial charge in [0.15, 0.2) is 0 Å². The molecule has 0 spiro atoms. The fourth-order valence-electron chi connectivity index (χ4n) is 27.3. The summed E-state index contributed by atoms with van der Waals surface area (Å²) in [6.07, 6.45) is 26.7. The quantitative estimate of drug-likeness (QED) is 0.0592. The summed E-state index contributed by atoms with van der Waals surface area (Å²) < 4.78 is 44.1. The second-order valence-electron chi connectivity index (χ2n) is 35.5. The Kier molecular flexibility index (Phi) is 18.6. The van der Waals surface area contributed by atoms with Crippen molar-refractivity contribution in [2.75, 3.05) is 12.3 Å². The summed E-state index contributed by atoms with van der Waals surface area (Å²) in [5.74, 6) is 6.71. The molecule has 500 valence electrons. The van der Waals surface area contributed by atoms with Gasteiger partial charge in [-0.25, -0.2) is 0 Å². The predicted molar refractivity (Wildman–Crippen MR) is 340 cm³/mol. The standard InChI is InChI=1S/C74H121NO12S/c1-42(10-19-63(80)75-34-35-88(83,84)85)51-13-16-55-67-58(26-32-72(51,55)7)70(5)29-23-49(37-46(70)40-61(67)78)86-65(82)21-12-44(3)53-15-18-56-68-59(27-33-74(53,56)9)71(6)30-24-50(38-47(71)41-62(68)79)87-64(81)20-11-43(2)52-14-17-54-66-57(25-31-73(52,54)8)69(4)28-22-48(76)36-45(69)39-60(66)77/h42-62,66-68,76-79H,10-41H2,1-9H3,(H,75,80)(H,83,84,85)/t42-,43-,44-,45?,46?,47?,48-,49-,50-,51-,52-,53-,54?,55?,56?,57+,58+,59+,60+,61+,62+,66+,67+,68+,69+,70+,71+,72-,73-,74-/m0/s1. The van der Waals surface area contributed by atoms with Crippen molar-refractivity contribution in [3.63, 3.8) is 0 Å². The number of aliphatic hydroxyl groups excluding tert-OH is 4. The molecular formula is C74H121NO12S. The highest BCUT2D eigenvalue weighted by Gasteiger charge is 2.67. The first kappa shape index (κ1) is 66.2. The molecule has 0 aliphatic heterocycles. The fourth-order valence-corrected chi connectivity index (χ4v) is 27.6. The van der Waals surface area contributed by atoms with Gasteiger partial charge in [0.05, 0.1) is 30.2 Å². The zero-order valence-electron chi connectivity index (χ0n) is 56.0. The van der Waals surface area contributed by atoms with Crippen molar-refractivity contribution in [1.29, 1.82) is 0 Å². The second-order valence-corrected chi connectivity index (χ2v) is 37.0. The number of hydrogen-bond donors (Lipinski definition) is 6. The van der Waals surface area contributed by atoms with E-state index < -0.39 is 15.9 Å². The van der Waals surface area contributed by atoms with Crippen molar-refractivity contribution in [3.05, 3.63) is 0 Å². The van der Waals surface area contributed by atoms with Crippen LogP contribution in [0.15, 0.2) is 0 Å². The summed E-state index contributed by atoms with van der Waals surface area (Å²) in [5, 5.41) is 49.4. The van der Waals surface area contributed by atoms with E-state index in [0.717, 1.165) is 141 Å². The Morgan fingerprint density at radius 2 is 0.773 bits per heavy atom. The van der Waals surface area contributed by atoms with E-state index in [9.17, 15) is 43.2 Å². The van der Waals surface area contributed by atoms with E-state index in [-0.39, 0.29) is 105 Å². The number of amides is 1. The number of carbonyl (C=O) groups is 3. The van der Waals surface area contributed by atoms with Crippen molar-refractivity contribution >= 4 is 28.0 Å². The molecule has 0 saturated heterocycles. The minimum Gasteiger partial charge on any atom is -0.462 e. The van der Waals surface area contributed by atoms with Crippen molar-refractivity contribution in [2.24, 2.45) is 139 Å². The van der Waals surface area contributed by atoms with Crippen LogP contribution in [0.25, 0.3) is 0 Å². The van der Waals surface area contributed by atoms with E-state index in [2.05, 4.69) is 67.6 Å². The van der Waals surface area contributed by atoms with Crippen LogP contribution in [0.1, 0.15) is 255 Å². The van der Waals surface area contributed by atoms with Gasteiger partial charge in [-0.2, -0.15) is 8.42 Å². The first-order chi connectivity index (χ1) is 41.5. The van der Waals surface area contributed by atoms with Gasteiger partial charge in [0.2, 0.25) is 5.91 Å². The maximum Gasteiger partial charge on any atom is 0.306 e. The van der Waals surface area contributed by atoms with Crippen molar-refractivity contribution in [3.8, 4) is 0 Å². The number of esters is 2. The molecule has 0 heterocycles. The number of carbonyl (C=O) groups excluding carboxylic acids is 3. The molecule has 1 amide bonds. The molecule has 0 aromatic rings. The lowest BCUT2D eigenvalue weighted by Gasteiger charge is -2.62. The number of hydrogen-bond acceptors (Lipinski definition) is 11. The van der Waals surface area contributed by atoms with E-state index in [1.807, 2.05) is 0 Å². The summed E-state index contributed by atoms with van der Waals surface area (Å²) in [6.45, 7) is 21.9. The third kappa shape index (κ3) is 11.7. The van der Waals surface area contributed by atoms with Crippen molar-refractivity contribution in [2.45, 2.75) is 292 Å². The van der Waals surface area contributed by atoms with E-state index in [4.69, 9.17) is 14.0 Å². The maximum absolute atomic E-state index is 13.9. The van der Waals surface area contributed by atoms with Gasteiger partial charge in [-0.05, 0) is 312 Å². The van der Waals surface area contributed by atoms with Crippen molar-refractivity contribution in [1.82, 2.24) is 5.32 Å². The maximum atomic E-state index is 13.9. The van der Waals surface area contributed by atoms with Gasteiger partial charge in [0.1, 0.15) is 12.2 Å². The number of aliphatic hydroxyl groups is 4. The molecule has 12 rings (SSSR count). The van der Waals surface area contributed by atoms with Gasteiger partial charge in [0.25, 0.3) is 10.1 Å². The van der Waals surface area contributed by atoms with Crippen LogP contribution in [0.4, 0.5) is 0 Å². The van der Waals surface area contributed by atoms with Gasteiger partial charge in [-0.1, -0.05) is 62.3 Å². The van der Waals surface area contributed by atoms with Crippen LogP contribution in [0.2, 0.25) is 0 Å². The Bertz CT molecular complexity index is 2650. The average Bonchev–Trinajstić information content (AvgIpc) is 1.32. The predicted octanol–water partition coefficient (Wildman–Crippen LogP) is 13.3. The Labute approximate surface area is 530 Å². The molecule has 30 atom stereocenters. The molecule has 13 nitrogen and oxygen atoms in total. The van der Waals surface area contributed by atoms with Crippen LogP contribution >= 0.6 is 0 Å². The zero-order valence-corrected chi connectivity index (χ0v) is 56.8. The van der Waals surface area contributed by atoms with Gasteiger partial charge in [-0.3, -0.25) is 18.9 Å². The molecular weight excluding hydrogens is 1130 g/mol. The molecule has 6 N–H and O–H groups in total. The highest BCUT2D eigenvalue weighted by molar-refractivity contribution is 7.85. The Morgan fingerprint density at radius 1 is 0.443 bits per heavy atom.